The SMILES string of the molecule is Cc1ccc(C(=O)OC(C)C(=O)Nc2cccc(S(N)(=O)=O)c2)cc1. The number of amides is 1. The Morgan fingerprint density at radius 3 is 2.36 bits per heavy atom. The van der Waals surface area contributed by atoms with Gasteiger partial charge in [-0.25, -0.2) is 18.4 Å². The number of ether oxygens (including phenoxy) is 1. The zero-order valence-electron chi connectivity index (χ0n) is 13.7. The fraction of sp³-hybridized carbons (Fsp3) is 0.176. The molecule has 0 bridgehead atoms. The summed E-state index contributed by atoms with van der Waals surface area (Å²) in [4.78, 5) is 24.0. The second kappa shape index (κ2) is 7.45. The molecule has 0 aliphatic heterocycles. The molecule has 8 heteroatoms. The number of carbonyl (C=O) groups excluding carboxylic acids is 2. The summed E-state index contributed by atoms with van der Waals surface area (Å²) in [6.45, 7) is 3.31. The summed E-state index contributed by atoms with van der Waals surface area (Å²) < 4.78 is 27.8. The van der Waals surface area contributed by atoms with Crippen molar-refractivity contribution in [3.8, 4) is 0 Å². The lowest BCUT2D eigenvalue weighted by molar-refractivity contribution is -0.123. The van der Waals surface area contributed by atoms with Crippen LogP contribution in [0.15, 0.2) is 53.4 Å². The highest BCUT2D eigenvalue weighted by atomic mass is 32.2. The lowest BCUT2D eigenvalue weighted by atomic mass is 10.1. The third-order valence-electron chi connectivity index (χ3n) is 3.37. The van der Waals surface area contributed by atoms with Crippen LogP contribution in [0, 0.1) is 6.92 Å². The van der Waals surface area contributed by atoms with Crippen LogP contribution in [0.1, 0.15) is 22.8 Å². The number of carbonyl (C=O) groups is 2. The summed E-state index contributed by atoms with van der Waals surface area (Å²) in [6.07, 6.45) is -1.06. The Balaban J connectivity index is 2.03. The van der Waals surface area contributed by atoms with Gasteiger partial charge in [0.1, 0.15) is 0 Å². The zero-order valence-corrected chi connectivity index (χ0v) is 14.5. The van der Waals surface area contributed by atoms with Crippen LogP contribution in [0.2, 0.25) is 0 Å². The number of benzene rings is 2. The second-order valence-electron chi connectivity index (χ2n) is 5.48. The number of sulfonamides is 1. The van der Waals surface area contributed by atoms with Gasteiger partial charge in [-0.15, -0.1) is 0 Å². The van der Waals surface area contributed by atoms with Crippen LogP contribution >= 0.6 is 0 Å². The molecular weight excluding hydrogens is 344 g/mol. The Kier molecular flexibility index (Phi) is 5.55. The van der Waals surface area contributed by atoms with E-state index < -0.39 is 28.0 Å². The molecule has 2 aromatic rings. The van der Waals surface area contributed by atoms with E-state index in [4.69, 9.17) is 9.88 Å². The van der Waals surface area contributed by atoms with E-state index in [1.807, 2.05) is 6.92 Å². The Hall–Kier alpha value is -2.71. The molecule has 25 heavy (non-hydrogen) atoms. The summed E-state index contributed by atoms with van der Waals surface area (Å²) in [5.41, 5.74) is 1.56. The molecule has 0 radical (unpaired) electrons. The van der Waals surface area contributed by atoms with Gasteiger partial charge in [0.25, 0.3) is 5.91 Å². The maximum absolute atomic E-state index is 12.1. The number of hydrogen-bond acceptors (Lipinski definition) is 5. The van der Waals surface area contributed by atoms with Crippen LogP contribution in [0.25, 0.3) is 0 Å². The van der Waals surface area contributed by atoms with E-state index in [-0.39, 0.29) is 10.6 Å². The lowest BCUT2D eigenvalue weighted by Crippen LogP contribution is -2.30. The molecule has 0 spiro atoms. The molecule has 0 aliphatic rings. The largest absolute Gasteiger partial charge is 0.449 e. The standard InChI is InChI=1S/C17H18N2O5S/c1-11-6-8-13(9-7-11)17(21)24-12(2)16(20)19-14-4-3-5-15(10-14)25(18,22)23/h3-10,12H,1-2H3,(H,19,20)(H2,18,22,23). The second-order valence-corrected chi connectivity index (χ2v) is 7.04. The van der Waals surface area contributed by atoms with Gasteiger partial charge in [0.2, 0.25) is 10.0 Å². The highest BCUT2D eigenvalue weighted by molar-refractivity contribution is 7.89. The molecule has 0 fully saturated rings. The number of hydrogen-bond donors (Lipinski definition) is 2. The maximum Gasteiger partial charge on any atom is 0.338 e. The van der Waals surface area contributed by atoms with Gasteiger partial charge in [-0.3, -0.25) is 4.79 Å². The molecule has 3 N–H and O–H groups in total. The molecule has 2 aromatic carbocycles. The number of aryl methyl sites for hydroxylation is 1. The molecule has 0 saturated heterocycles. The zero-order chi connectivity index (χ0) is 18.6. The van der Waals surface area contributed by atoms with Crippen LogP contribution in [0.4, 0.5) is 5.69 Å². The first-order valence-electron chi connectivity index (χ1n) is 7.38. The minimum Gasteiger partial charge on any atom is -0.449 e. The molecule has 7 nitrogen and oxygen atoms in total. The predicted octanol–water partition coefficient (Wildman–Crippen LogP) is 1.83. The average molecular weight is 362 g/mol. The molecule has 132 valence electrons. The van der Waals surface area contributed by atoms with E-state index in [1.165, 1.54) is 31.2 Å². The van der Waals surface area contributed by atoms with Crippen molar-refractivity contribution in [1.82, 2.24) is 0 Å². The first kappa shape index (κ1) is 18.6. The molecule has 1 amide bonds. The van der Waals surface area contributed by atoms with E-state index in [9.17, 15) is 18.0 Å². The fourth-order valence-electron chi connectivity index (χ4n) is 1.97. The lowest BCUT2D eigenvalue weighted by Gasteiger charge is -2.14. The summed E-state index contributed by atoms with van der Waals surface area (Å²) in [5.74, 6) is -1.21. The van der Waals surface area contributed by atoms with Gasteiger partial charge in [-0.1, -0.05) is 23.8 Å². The van der Waals surface area contributed by atoms with Crippen molar-refractivity contribution in [2.24, 2.45) is 5.14 Å². The minimum absolute atomic E-state index is 0.130. The highest BCUT2D eigenvalue weighted by Gasteiger charge is 2.19. The molecular formula is C17H18N2O5S. The Morgan fingerprint density at radius 1 is 1.12 bits per heavy atom. The van der Waals surface area contributed by atoms with Crippen molar-refractivity contribution in [2.75, 3.05) is 5.32 Å². The third-order valence-corrected chi connectivity index (χ3v) is 4.28. The van der Waals surface area contributed by atoms with E-state index in [2.05, 4.69) is 5.32 Å². The van der Waals surface area contributed by atoms with Crippen LogP contribution in [-0.2, 0) is 19.6 Å². The van der Waals surface area contributed by atoms with Crippen LogP contribution in [-0.4, -0.2) is 26.4 Å². The normalized spacial score (nSPS) is 12.3. The number of primary sulfonamides is 1. The Morgan fingerprint density at radius 2 is 1.76 bits per heavy atom. The van der Waals surface area contributed by atoms with E-state index in [1.54, 1.807) is 24.3 Å². The molecule has 1 unspecified atom stereocenters. The van der Waals surface area contributed by atoms with Crippen molar-refractivity contribution in [3.63, 3.8) is 0 Å². The Labute approximate surface area is 145 Å². The number of anilines is 1. The molecule has 1 atom stereocenters. The minimum atomic E-state index is -3.88. The third kappa shape index (κ3) is 5.13. The number of esters is 1. The molecule has 0 aliphatic carbocycles. The number of rotatable bonds is 5. The molecule has 0 saturated carbocycles. The fourth-order valence-corrected chi connectivity index (χ4v) is 2.53. The van der Waals surface area contributed by atoms with Crippen LogP contribution in [0.5, 0.6) is 0 Å². The van der Waals surface area contributed by atoms with Crippen molar-refractivity contribution >= 4 is 27.6 Å². The average Bonchev–Trinajstić information content (AvgIpc) is 2.54. The van der Waals surface area contributed by atoms with Gasteiger partial charge in [-0.2, -0.15) is 0 Å². The van der Waals surface area contributed by atoms with Crippen LogP contribution in [0.3, 0.4) is 0 Å². The van der Waals surface area contributed by atoms with Gasteiger partial charge >= 0.3 is 5.97 Å². The van der Waals surface area contributed by atoms with E-state index in [0.29, 0.717) is 5.56 Å². The smallest absolute Gasteiger partial charge is 0.338 e. The number of nitrogens with two attached hydrogens (primary N) is 1. The van der Waals surface area contributed by atoms with E-state index in [0.717, 1.165) is 5.56 Å². The monoisotopic (exact) mass is 362 g/mol. The van der Waals surface area contributed by atoms with Gasteiger partial charge in [0.05, 0.1) is 10.5 Å². The first-order chi connectivity index (χ1) is 11.7. The summed E-state index contributed by atoms with van der Waals surface area (Å²) in [5, 5.41) is 7.53. The van der Waals surface area contributed by atoms with Crippen molar-refractivity contribution in [2.45, 2.75) is 24.8 Å². The quantitative estimate of drug-likeness (QED) is 0.787. The first-order valence-corrected chi connectivity index (χ1v) is 8.93. The van der Waals surface area contributed by atoms with Gasteiger partial charge in [0, 0.05) is 5.69 Å². The molecule has 2 rings (SSSR count). The summed E-state index contributed by atoms with van der Waals surface area (Å²) in [6, 6.07) is 12.2. The topological polar surface area (TPSA) is 116 Å². The van der Waals surface area contributed by atoms with Gasteiger partial charge in [0.15, 0.2) is 6.10 Å². The summed E-state index contributed by atoms with van der Waals surface area (Å²) in [7, 11) is -3.88. The van der Waals surface area contributed by atoms with Crippen molar-refractivity contribution in [3.05, 3.63) is 59.7 Å². The van der Waals surface area contributed by atoms with Crippen molar-refractivity contribution in [1.29, 1.82) is 0 Å². The summed E-state index contributed by atoms with van der Waals surface area (Å²) >= 11 is 0. The van der Waals surface area contributed by atoms with Crippen LogP contribution < -0.4 is 10.5 Å². The van der Waals surface area contributed by atoms with E-state index >= 15 is 0 Å². The molecule has 0 heterocycles. The number of nitrogens with one attached hydrogen (secondary N) is 1. The van der Waals surface area contributed by atoms with Crippen molar-refractivity contribution < 1.29 is 22.7 Å². The Bertz CT molecular complexity index is 892. The maximum atomic E-state index is 12.1. The molecule has 0 aromatic heterocycles. The predicted molar refractivity (Wildman–Crippen MR) is 92.5 cm³/mol. The van der Waals surface area contributed by atoms with Gasteiger partial charge in [-0.05, 0) is 44.2 Å². The highest BCUT2D eigenvalue weighted by Crippen LogP contribution is 2.15. The van der Waals surface area contributed by atoms with Gasteiger partial charge < -0.3 is 10.1 Å².